The van der Waals surface area contributed by atoms with E-state index in [9.17, 15) is 14.9 Å². The maximum absolute atomic E-state index is 11.9. The monoisotopic (exact) mass is 322 g/mol. The molecule has 0 heterocycles. The van der Waals surface area contributed by atoms with Crippen LogP contribution < -0.4 is 10.6 Å². The van der Waals surface area contributed by atoms with Crippen molar-refractivity contribution in [3.05, 3.63) is 45.1 Å². The van der Waals surface area contributed by atoms with Crippen LogP contribution in [0.15, 0.2) is 30.0 Å². The van der Waals surface area contributed by atoms with Gasteiger partial charge in [0.15, 0.2) is 0 Å². The first kappa shape index (κ1) is 17.5. The van der Waals surface area contributed by atoms with Crippen molar-refractivity contribution in [2.45, 2.75) is 26.3 Å². The summed E-state index contributed by atoms with van der Waals surface area (Å²) in [7, 11) is 0. The number of anilines is 1. The summed E-state index contributed by atoms with van der Waals surface area (Å²) in [5, 5.41) is 25.1. The van der Waals surface area contributed by atoms with Gasteiger partial charge in [0.25, 0.3) is 11.6 Å². The highest BCUT2D eigenvalue weighted by atomic mass is 35.5. The number of nitriles is 1. The maximum atomic E-state index is 11.9. The summed E-state index contributed by atoms with van der Waals surface area (Å²) in [6, 6.07) is 5.85. The quantitative estimate of drug-likeness (QED) is 0.383. The number of carbonyl (C=O) groups excluding carboxylic acids is 1. The van der Waals surface area contributed by atoms with Crippen LogP contribution >= 0.6 is 11.6 Å². The zero-order chi connectivity index (χ0) is 16.9. The number of nitrogens with one attached hydrogen (secondary N) is 2. The molecule has 116 valence electrons. The predicted octanol–water partition coefficient (Wildman–Crippen LogP) is 2.98. The molecule has 22 heavy (non-hydrogen) atoms. The molecule has 1 rings (SSSR count). The Labute approximate surface area is 132 Å². The topological polar surface area (TPSA) is 108 Å². The number of amides is 1. The molecule has 0 spiro atoms. The Hall–Kier alpha value is -2.59. The van der Waals surface area contributed by atoms with E-state index in [0.717, 1.165) is 0 Å². The van der Waals surface area contributed by atoms with Crippen LogP contribution in [0.2, 0.25) is 5.02 Å². The van der Waals surface area contributed by atoms with Crippen LogP contribution in [0.3, 0.4) is 0 Å². The molecule has 0 aliphatic carbocycles. The minimum Gasteiger partial charge on any atom is -0.360 e. The number of nitro groups is 1. The van der Waals surface area contributed by atoms with E-state index in [1.165, 1.54) is 24.4 Å². The van der Waals surface area contributed by atoms with Gasteiger partial charge in [-0.25, -0.2) is 0 Å². The van der Waals surface area contributed by atoms with Gasteiger partial charge in [-0.15, -0.1) is 0 Å². The van der Waals surface area contributed by atoms with Gasteiger partial charge < -0.3 is 10.6 Å². The minimum absolute atomic E-state index is 0.00510. The van der Waals surface area contributed by atoms with Crippen LogP contribution in [0.25, 0.3) is 0 Å². The standard InChI is InChI=1S/C14H15ClN4O3/c1-14(2,3)18-13(20)9(7-16)8-17-10-4-5-11(15)12(6-10)19(21)22/h4-6,8,17H,1-3H3,(H,18,20)/b9-8-. The number of hydrogen-bond donors (Lipinski definition) is 2. The molecule has 1 amide bonds. The molecular weight excluding hydrogens is 308 g/mol. The van der Waals surface area contributed by atoms with Gasteiger partial charge in [0.05, 0.1) is 4.92 Å². The van der Waals surface area contributed by atoms with Gasteiger partial charge in [0, 0.05) is 23.5 Å². The van der Waals surface area contributed by atoms with Gasteiger partial charge in [-0.2, -0.15) is 5.26 Å². The Balaban J connectivity index is 2.94. The molecule has 2 N–H and O–H groups in total. The molecule has 8 heteroatoms. The zero-order valence-corrected chi connectivity index (χ0v) is 13.1. The fourth-order valence-corrected chi connectivity index (χ4v) is 1.64. The summed E-state index contributed by atoms with van der Waals surface area (Å²) in [5.74, 6) is -0.536. The number of rotatable bonds is 4. The van der Waals surface area contributed by atoms with E-state index in [-0.39, 0.29) is 16.3 Å². The van der Waals surface area contributed by atoms with Crippen LogP contribution in [0.5, 0.6) is 0 Å². The molecule has 0 radical (unpaired) electrons. The lowest BCUT2D eigenvalue weighted by atomic mass is 10.1. The summed E-state index contributed by atoms with van der Waals surface area (Å²) >= 11 is 5.70. The number of hydrogen-bond acceptors (Lipinski definition) is 5. The van der Waals surface area contributed by atoms with E-state index >= 15 is 0 Å². The van der Waals surface area contributed by atoms with Crippen LogP contribution in [-0.4, -0.2) is 16.4 Å². The number of benzene rings is 1. The average molecular weight is 323 g/mol. The SMILES string of the molecule is CC(C)(C)NC(=O)/C(C#N)=C\Nc1ccc(Cl)c([N+](=O)[O-])c1. The van der Waals surface area contributed by atoms with Gasteiger partial charge in [-0.1, -0.05) is 11.6 Å². The zero-order valence-electron chi connectivity index (χ0n) is 12.3. The molecule has 0 aliphatic rings. The summed E-state index contributed by atoms with van der Waals surface area (Å²) in [6.07, 6.45) is 1.19. The molecular formula is C14H15ClN4O3. The summed E-state index contributed by atoms with van der Waals surface area (Å²) in [4.78, 5) is 22.0. The molecule has 0 bridgehead atoms. The third-order valence-corrected chi connectivity index (χ3v) is 2.70. The van der Waals surface area contributed by atoms with Gasteiger partial charge in [-0.05, 0) is 32.9 Å². The smallest absolute Gasteiger partial charge is 0.289 e. The number of carbonyl (C=O) groups is 1. The highest BCUT2D eigenvalue weighted by Gasteiger charge is 2.17. The lowest BCUT2D eigenvalue weighted by molar-refractivity contribution is -0.384. The molecule has 0 fully saturated rings. The second kappa shape index (κ2) is 6.91. The van der Waals surface area contributed by atoms with Crippen molar-refractivity contribution in [3.8, 4) is 6.07 Å². The molecule has 7 nitrogen and oxygen atoms in total. The maximum Gasteiger partial charge on any atom is 0.289 e. The fourth-order valence-electron chi connectivity index (χ4n) is 1.45. The molecule has 0 unspecified atom stereocenters. The molecule has 1 aromatic carbocycles. The second-order valence-electron chi connectivity index (χ2n) is 5.44. The Kier molecular flexibility index (Phi) is 5.49. The highest BCUT2D eigenvalue weighted by molar-refractivity contribution is 6.32. The van der Waals surface area contributed by atoms with Crippen molar-refractivity contribution in [1.82, 2.24) is 5.32 Å². The normalized spacial score (nSPS) is 11.5. The molecule has 0 atom stereocenters. The van der Waals surface area contributed by atoms with Crippen LogP contribution in [-0.2, 0) is 4.79 Å². The van der Waals surface area contributed by atoms with Gasteiger partial charge in [0.1, 0.15) is 16.7 Å². The minimum atomic E-state index is -0.616. The van der Waals surface area contributed by atoms with Gasteiger partial charge in [-0.3, -0.25) is 14.9 Å². The van der Waals surface area contributed by atoms with Gasteiger partial charge in [0.2, 0.25) is 0 Å². The van der Waals surface area contributed by atoms with Gasteiger partial charge >= 0.3 is 0 Å². The number of halogens is 1. The number of nitrogens with zero attached hydrogens (tertiary/aromatic N) is 2. The Morgan fingerprint density at radius 2 is 2.09 bits per heavy atom. The van der Waals surface area contributed by atoms with Crippen molar-refractivity contribution in [2.75, 3.05) is 5.32 Å². The fraction of sp³-hybridized carbons (Fsp3) is 0.286. The average Bonchev–Trinajstić information content (AvgIpc) is 2.38. The van der Waals surface area contributed by atoms with Crippen molar-refractivity contribution in [3.63, 3.8) is 0 Å². The molecule has 0 saturated heterocycles. The summed E-state index contributed by atoms with van der Waals surface area (Å²) in [6.45, 7) is 5.36. The van der Waals surface area contributed by atoms with E-state index < -0.39 is 16.4 Å². The van der Waals surface area contributed by atoms with Crippen LogP contribution in [0, 0.1) is 21.4 Å². The van der Waals surface area contributed by atoms with Crippen molar-refractivity contribution in [2.24, 2.45) is 0 Å². The lowest BCUT2D eigenvalue weighted by Crippen LogP contribution is -2.41. The third kappa shape index (κ3) is 5.07. The van der Waals surface area contributed by atoms with E-state index in [1.54, 1.807) is 26.8 Å². The first-order valence-electron chi connectivity index (χ1n) is 6.27. The first-order valence-corrected chi connectivity index (χ1v) is 6.65. The van der Waals surface area contributed by atoms with E-state index in [1.807, 2.05) is 0 Å². The van der Waals surface area contributed by atoms with E-state index in [4.69, 9.17) is 16.9 Å². The lowest BCUT2D eigenvalue weighted by Gasteiger charge is -2.20. The Morgan fingerprint density at radius 3 is 2.59 bits per heavy atom. The second-order valence-corrected chi connectivity index (χ2v) is 5.85. The van der Waals surface area contributed by atoms with Crippen LogP contribution in [0.4, 0.5) is 11.4 Å². The molecule has 0 aromatic heterocycles. The molecule has 0 saturated carbocycles. The van der Waals surface area contributed by atoms with Crippen molar-refractivity contribution < 1.29 is 9.72 Å². The Morgan fingerprint density at radius 1 is 1.45 bits per heavy atom. The van der Waals surface area contributed by atoms with Crippen molar-refractivity contribution >= 4 is 28.9 Å². The first-order chi connectivity index (χ1) is 10.1. The van der Waals surface area contributed by atoms with Crippen molar-refractivity contribution in [1.29, 1.82) is 5.26 Å². The van der Waals surface area contributed by atoms with Crippen LogP contribution in [0.1, 0.15) is 20.8 Å². The highest BCUT2D eigenvalue weighted by Crippen LogP contribution is 2.27. The van der Waals surface area contributed by atoms with E-state index in [2.05, 4.69) is 10.6 Å². The third-order valence-electron chi connectivity index (χ3n) is 2.38. The largest absolute Gasteiger partial charge is 0.360 e. The molecule has 1 aromatic rings. The summed E-state index contributed by atoms with van der Waals surface area (Å²) < 4.78 is 0. The molecule has 0 aliphatic heterocycles. The van der Waals surface area contributed by atoms with E-state index in [0.29, 0.717) is 5.69 Å². The Bertz CT molecular complexity index is 672. The predicted molar refractivity (Wildman–Crippen MR) is 83.3 cm³/mol. The number of nitro benzene ring substituents is 1. The summed E-state index contributed by atoms with van der Waals surface area (Å²) in [5.41, 5.74) is -0.552.